The van der Waals surface area contributed by atoms with Crippen LogP contribution in [0.3, 0.4) is 0 Å². The molecule has 1 atom stereocenters. The number of nitrogens with one attached hydrogen (secondary N) is 1. The van der Waals surface area contributed by atoms with Gasteiger partial charge in [-0.25, -0.2) is 13.1 Å². The van der Waals surface area contributed by atoms with Crippen LogP contribution in [0.25, 0.3) is 0 Å². The maximum Gasteiger partial charge on any atom is 0.312 e. The van der Waals surface area contributed by atoms with E-state index < -0.39 is 26.2 Å². The molecule has 0 aliphatic heterocycles. The predicted octanol–water partition coefficient (Wildman–Crippen LogP) is 1.01. The molecule has 1 aliphatic carbocycles. The lowest BCUT2D eigenvalue weighted by atomic mass is 9.98. The quantitative estimate of drug-likeness (QED) is 0.568. The lowest BCUT2D eigenvalue weighted by molar-refractivity contribution is -0.386. The first-order valence-corrected chi connectivity index (χ1v) is 8.28. The van der Waals surface area contributed by atoms with E-state index in [0.717, 1.165) is 18.9 Å². The van der Waals surface area contributed by atoms with Gasteiger partial charge in [0, 0.05) is 18.2 Å². The van der Waals surface area contributed by atoms with Crippen LogP contribution in [-0.4, -0.2) is 32.5 Å². The van der Waals surface area contributed by atoms with E-state index in [-0.39, 0.29) is 23.1 Å². The Morgan fingerprint density at radius 2 is 2.14 bits per heavy atom. The monoisotopic (exact) mass is 329 g/mol. The van der Waals surface area contributed by atoms with Crippen molar-refractivity contribution in [2.24, 2.45) is 11.7 Å². The van der Waals surface area contributed by atoms with E-state index in [1.54, 1.807) is 6.92 Å². The van der Waals surface area contributed by atoms with Gasteiger partial charge in [-0.05, 0) is 37.8 Å². The number of nitro groups is 1. The molecule has 1 aromatic rings. The third kappa shape index (κ3) is 3.21. The molecule has 0 bridgehead atoms. The van der Waals surface area contributed by atoms with Crippen LogP contribution in [0.5, 0.6) is 5.75 Å². The van der Waals surface area contributed by atoms with Gasteiger partial charge in [-0.1, -0.05) is 0 Å². The Bertz CT molecular complexity index is 687. The van der Waals surface area contributed by atoms with Gasteiger partial charge >= 0.3 is 5.69 Å². The van der Waals surface area contributed by atoms with E-state index in [9.17, 15) is 18.5 Å². The number of rotatable bonds is 7. The minimum absolute atomic E-state index is 0.00716. The number of methoxy groups -OCH3 is 1. The molecule has 22 heavy (non-hydrogen) atoms. The fraction of sp³-hybridized carbons (Fsp3) is 0.538. The molecule has 0 aromatic heterocycles. The SMILES string of the molecule is COc1ccc(S(=O)(=O)NC(C)(CN)C2CC2)cc1[N+](=O)[O-]. The van der Waals surface area contributed by atoms with Crippen LogP contribution < -0.4 is 15.2 Å². The molecule has 0 heterocycles. The molecule has 1 aliphatic rings. The van der Waals surface area contributed by atoms with Crippen molar-refractivity contribution in [3.63, 3.8) is 0 Å². The highest BCUT2D eigenvalue weighted by molar-refractivity contribution is 7.89. The number of sulfonamides is 1. The number of ether oxygens (including phenoxy) is 1. The average Bonchev–Trinajstić information content (AvgIpc) is 3.30. The second-order valence-electron chi connectivity index (χ2n) is 5.59. The van der Waals surface area contributed by atoms with Gasteiger partial charge < -0.3 is 10.5 Å². The first kappa shape index (κ1) is 16.7. The van der Waals surface area contributed by atoms with Crippen molar-refractivity contribution in [1.29, 1.82) is 0 Å². The summed E-state index contributed by atoms with van der Waals surface area (Å²) in [5.41, 5.74) is 4.56. The number of nitrogens with zero attached hydrogens (tertiary/aromatic N) is 1. The van der Waals surface area contributed by atoms with Crippen molar-refractivity contribution < 1.29 is 18.1 Å². The molecular formula is C13H19N3O5S. The Hall–Kier alpha value is -1.71. The normalized spacial score (nSPS) is 17.8. The van der Waals surface area contributed by atoms with Crippen LogP contribution in [0.2, 0.25) is 0 Å². The van der Waals surface area contributed by atoms with E-state index in [4.69, 9.17) is 10.5 Å². The van der Waals surface area contributed by atoms with Crippen molar-refractivity contribution in [1.82, 2.24) is 4.72 Å². The molecule has 122 valence electrons. The first-order valence-electron chi connectivity index (χ1n) is 6.80. The Morgan fingerprint density at radius 1 is 1.50 bits per heavy atom. The summed E-state index contributed by atoms with van der Waals surface area (Å²) in [6.45, 7) is 1.91. The molecule has 2 rings (SSSR count). The third-order valence-electron chi connectivity index (χ3n) is 3.93. The van der Waals surface area contributed by atoms with Gasteiger partial charge in [0.05, 0.1) is 16.9 Å². The van der Waals surface area contributed by atoms with E-state index in [0.29, 0.717) is 0 Å². The maximum atomic E-state index is 12.5. The van der Waals surface area contributed by atoms with Crippen molar-refractivity contribution in [2.75, 3.05) is 13.7 Å². The van der Waals surface area contributed by atoms with Crippen LogP contribution in [-0.2, 0) is 10.0 Å². The lowest BCUT2D eigenvalue weighted by Crippen LogP contribution is -2.52. The molecule has 1 aromatic carbocycles. The highest BCUT2D eigenvalue weighted by Crippen LogP contribution is 2.40. The molecule has 0 saturated heterocycles. The standard InChI is InChI=1S/C13H19N3O5S/c1-13(8-14,9-3-4-9)15-22(19,20)10-5-6-12(21-2)11(7-10)16(17)18/h5-7,9,15H,3-4,8,14H2,1-2H3. The summed E-state index contributed by atoms with van der Waals surface area (Å²) < 4.78 is 32.4. The minimum Gasteiger partial charge on any atom is -0.490 e. The summed E-state index contributed by atoms with van der Waals surface area (Å²) in [4.78, 5) is 10.1. The molecule has 1 unspecified atom stereocenters. The van der Waals surface area contributed by atoms with E-state index in [2.05, 4.69) is 4.72 Å². The number of nitrogens with two attached hydrogens (primary N) is 1. The molecule has 8 nitrogen and oxygen atoms in total. The zero-order valence-corrected chi connectivity index (χ0v) is 13.2. The second kappa shape index (κ2) is 5.82. The largest absolute Gasteiger partial charge is 0.490 e. The topological polar surface area (TPSA) is 125 Å². The summed E-state index contributed by atoms with van der Waals surface area (Å²) in [6.07, 6.45) is 1.83. The van der Waals surface area contributed by atoms with E-state index in [1.165, 1.54) is 19.2 Å². The smallest absolute Gasteiger partial charge is 0.312 e. The fourth-order valence-corrected chi connectivity index (χ4v) is 3.85. The summed E-state index contributed by atoms with van der Waals surface area (Å²) in [6, 6.07) is 3.53. The Kier molecular flexibility index (Phi) is 4.41. The highest BCUT2D eigenvalue weighted by Gasteiger charge is 2.43. The third-order valence-corrected chi connectivity index (χ3v) is 5.54. The Morgan fingerprint density at radius 3 is 2.59 bits per heavy atom. The van der Waals surface area contributed by atoms with Crippen molar-refractivity contribution in [2.45, 2.75) is 30.2 Å². The van der Waals surface area contributed by atoms with Crippen molar-refractivity contribution in [3.8, 4) is 5.75 Å². The Labute approximate surface area is 128 Å². The van der Waals surface area contributed by atoms with Gasteiger partial charge in [-0.3, -0.25) is 10.1 Å². The Balaban J connectivity index is 2.37. The summed E-state index contributed by atoms with van der Waals surface area (Å²) in [5, 5.41) is 11.0. The number of hydrogen-bond acceptors (Lipinski definition) is 6. The summed E-state index contributed by atoms with van der Waals surface area (Å²) in [5.74, 6) is 0.202. The van der Waals surface area contributed by atoms with Gasteiger partial charge in [-0.2, -0.15) is 0 Å². The maximum absolute atomic E-state index is 12.5. The van der Waals surface area contributed by atoms with Crippen LogP contribution in [0.15, 0.2) is 23.1 Å². The fourth-order valence-electron chi connectivity index (χ4n) is 2.36. The van der Waals surface area contributed by atoms with E-state index in [1.807, 2.05) is 0 Å². The predicted molar refractivity (Wildman–Crippen MR) is 80.2 cm³/mol. The van der Waals surface area contributed by atoms with E-state index >= 15 is 0 Å². The minimum atomic E-state index is -3.91. The number of hydrogen-bond donors (Lipinski definition) is 2. The van der Waals surface area contributed by atoms with Gasteiger partial charge in [-0.15, -0.1) is 0 Å². The first-order chi connectivity index (χ1) is 10.2. The molecule has 1 fully saturated rings. The van der Waals surface area contributed by atoms with Gasteiger partial charge in [0.1, 0.15) is 0 Å². The van der Waals surface area contributed by atoms with Crippen LogP contribution in [0, 0.1) is 16.0 Å². The zero-order valence-electron chi connectivity index (χ0n) is 12.4. The number of benzene rings is 1. The molecule has 1 saturated carbocycles. The van der Waals surface area contributed by atoms with Gasteiger partial charge in [0.2, 0.25) is 10.0 Å². The average molecular weight is 329 g/mol. The van der Waals surface area contributed by atoms with Gasteiger partial charge in [0.15, 0.2) is 5.75 Å². The second-order valence-corrected chi connectivity index (χ2v) is 7.27. The zero-order chi connectivity index (χ0) is 16.5. The van der Waals surface area contributed by atoms with Crippen LogP contribution in [0.4, 0.5) is 5.69 Å². The highest BCUT2D eigenvalue weighted by atomic mass is 32.2. The molecule has 0 radical (unpaired) electrons. The van der Waals surface area contributed by atoms with Crippen molar-refractivity contribution in [3.05, 3.63) is 28.3 Å². The van der Waals surface area contributed by atoms with Gasteiger partial charge in [0.25, 0.3) is 0 Å². The molecule has 3 N–H and O–H groups in total. The van der Waals surface area contributed by atoms with Crippen LogP contribution >= 0.6 is 0 Å². The molecular weight excluding hydrogens is 310 g/mol. The lowest BCUT2D eigenvalue weighted by Gasteiger charge is -2.29. The van der Waals surface area contributed by atoms with Crippen molar-refractivity contribution >= 4 is 15.7 Å². The number of nitro benzene ring substituents is 1. The molecule has 0 spiro atoms. The summed E-state index contributed by atoms with van der Waals surface area (Å²) in [7, 11) is -2.62. The molecule has 0 amide bonds. The summed E-state index contributed by atoms with van der Waals surface area (Å²) >= 11 is 0. The molecule has 9 heteroatoms. The van der Waals surface area contributed by atoms with Crippen LogP contribution in [0.1, 0.15) is 19.8 Å².